The number of phenols is 4. The van der Waals surface area contributed by atoms with Crippen LogP contribution in [0.25, 0.3) is 11.1 Å². The van der Waals surface area contributed by atoms with Gasteiger partial charge in [-0.3, -0.25) is 43.7 Å². The first kappa shape index (κ1) is 72.8. The number of urea groups is 1. The van der Waals surface area contributed by atoms with Crippen molar-refractivity contribution in [3.8, 4) is 57.1 Å². The number of benzene rings is 5. The molecule has 5 aliphatic heterocycles. The molecule has 15 bridgehead atoms. The molecule has 101 heavy (non-hydrogen) atoms. The first-order valence-corrected chi connectivity index (χ1v) is 35.0. The molecule has 0 unspecified atom stereocenters. The predicted molar refractivity (Wildman–Crippen MR) is 367 cm³/mol. The number of fused-ring (bicyclic) bond motifs is 15. The van der Waals surface area contributed by atoms with E-state index in [0.717, 1.165) is 94.5 Å². The number of halogens is 2. The Balaban J connectivity index is 1.05. The minimum atomic E-state index is -2.21. The maximum atomic E-state index is 15.9. The molecule has 16 N–H and O–H groups in total. The Morgan fingerprint density at radius 3 is 1.82 bits per heavy atom. The molecule has 29 heteroatoms. The van der Waals surface area contributed by atoms with Gasteiger partial charge in [-0.15, -0.1) is 0 Å². The molecule has 4 fully saturated rings. The van der Waals surface area contributed by atoms with Crippen molar-refractivity contribution in [2.45, 2.75) is 165 Å². The number of nitrogens with one attached hydrogen (secondary N) is 10. The molecule has 14 rings (SSSR count). The lowest BCUT2D eigenvalue weighted by atomic mass is 9.54. The number of hydrogen-bond donors (Lipinski definition) is 16. The van der Waals surface area contributed by atoms with Gasteiger partial charge in [0.05, 0.1) is 22.5 Å². The first-order valence-electron chi connectivity index (χ1n) is 34.2. The molecule has 0 radical (unpaired) electrons. The zero-order valence-corrected chi connectivity index (χ0v) is 57.5. The average molecular weight is 1430 g/mol. The molecule has 9 aliphatic rings. The summed E-state index contributed by atoms with van der Waals surface area (Å²) in [6.45, 7) is 5.94. The van der Waals surface area contributed by atoms with E-state index >= 15 is 28.8 Å². The quantitative estimate of drug-likeness (QED) is 0.0444. The van der Waals surface area contributed by atoms with E-state index in [0.29, 0.717) is 18.3 Å². The van der Waals surface area contributed by atoms with Gasteiger partial charge in [0.25, 0.3) is 0 Å². The summed E-state index contributed by atoms with van der Waals surface area (Å²) in [7, 11) is 1.51. The molecule has 0 spiro atoms. The maximum absolute atomic E-state index is 15.9. The Morgan fingerprint density at radius 1 is 0.604 bits per heavy atom. The van der Waals surface area contributed by atoms with Crippen LogP contribution in [0.1, 0.15) is 162 Å². The van der Waals surface area contributed by atoms with Crippen LogP contribution in [0.15, 0.2) is 78.9 Å². The Labute approximate surface area is 592 Å². The molecule has 5 aromatic carbocycles. The first-order chi connectivity index (χ1) is 48.2. The fraction of sp³-hybridized carbons (Fsp3) is 0.458. The summed E-state index contributed by atoms with van der Waals surface area (Å²) in [6.07, 6.45) is 5.05. The van der Waals surface area contributed by atoms with Crippen molar-refractivity contribution in [3.05, 3.63) is 117 Å². The molecule has 0 aromatic heterocycles. The lowest BCUT2D eigenvalue weighted by Gasteiger charge is -2.54. The molecule has 4 saturated carbocycles. The molecule has 5 heterocycles. The van der Waals surface area contributed by atoms with Crippen molar-refractivity contribution in [1.29, 1.82) is 0 Å². The van der Waals surface area contributed by atoms with Crippen molar-refractivity contribution >= 4 is 76.5 Å². The van der Waals surface area contributed by atoms with Crippen molar-refractivity contribution < 1.29 is 83.3 Å². The van der Waals surface area contributed by atoms with Crippen molar-refractivity contribution in [2.75, 3.05) is 13.6 Å². The van der Waals surface area contributed by atoms with Crippen LogP contribution in [-0.2, 0) is 38.4 Å². The Morgan fingerprint density at radius 2 is 1.20 bits per heavy atom. The second kappa shape index (κ2) is 31.2. The van der Waals surface area contributed by atoms with E-state index in [1.165, 1.54) is 55.6 Å². The lowest BCUT2D eigenvalue weighted by Crippen LogP contribution is -2.59. The standard InChI is InChI=1S/C72H84Cl2N10O17/c1-5-6-7-8-9-10-17-76-72(99)78-54(88)31-47-66(93)80-58-40-27-52(100-50-15-12-36(25-44(50)73)62(89)60(70(97)77-47)83-65(92)46(75-4)18-32(2)3)64(91)53(28-40)101-51-16-13-37(26-45(51)74)63(90)61-71(98)82-59(69(96)79-56-38-20-33-19-34(22-38)23-39(56)21-33)43-29-41(85)30-49(87)55(43)42-24-35(11-14-48(42)86)57(67(94)84-61)81-68(58)95/h11-16,24-30,32-34,38-39,46-47,56-63,75,85-87,89-91H,5-10,17-23,31H2,1-4H3,(H,77,97)(H,79,96)(H,80,93)(H,81,95)(H,82,98)(H,83,92)(H,84,94)(H2,76,78,88,99)/t33?,34?,38?,39?,46-,47+,56?,57-,58-,59+,60-,61-,62-,63-/m1/s1. The third-order valence-electron chi connectivity index (χ3n) is 19.9. The summed E-state index contributed by atoms with van der Waals surface area (Å²) in [4.78, 5) is 134. The molecule has 5 aromatic rings. The zero-order chi connectivity index (χ0) is 72.2. The van der Waals surface area contributed by atoms with Gasteiger partial charge in [0.1, 0.15) is 77.2 Å². The van der Waals surface area contributed by atoms with E-state index in [1.54, 1.807) is 0 Å². The van der Waals surface area contributed by atoms with Crippen LogP contribution in [0.3, 0.4) is 0 Å². The highest BCUT2D eigenvalue weighted by Gasteiger charge is 2.50. The maximum Gasteiger partial charge on any atom is 0.321 e. The highest BCUT2D eigenvalue weighted by Crippen LogP contribution is 2.54. The van der Waals surface area contributed by atoms with E-state index in [4.69, 9.17) is 32.7 Å². The van der Waals surface area contributed by atoms with Crippen LogP contribution >= 0.6 is 23.2 Å². The van der Waals surface area contributed by atoms with Gasteiger partial charge < -0.3 is 88.0 Å². The number of imide groups is 1. The third kappa shape index (κ3) is 16.3. The van der Waals surface area contributed by atoms with Crippen LogP contribution in [0.4, 0.5) is 4.79 Å². The van der Waals surface area contributed by atoms with Gasteiger partial charge in [-0.2, -0.15) is 0 Å². The molecule has 0 saturated heterocycles. The minimum absolute atomic E-state index is 0.0611. The summed E-state index contributed by atoms with van der Waals surface area (Å²) < 4.78 is 12.6. The minimum Gasteiger partial charge on any atom is -0.508 e. The molecular formula is C72H84Cl2N10O17. The molecule has 4 aliphatic carbocycles. The summed E-state index contributed by atoms with van der Waals surface area (Å²) in [5, 5.41) is 97.7. The summed E-state index contributed by atoms with van der Waals surface area (Å²) in [6, 6.07) is 0.457. The van der Waals surface area contributed by atoms with Gasteiger partial charge in [0.2, 0.25) is 53.0 Å². The fourth-order valence-electron chi connectivity index (χ4n) is 15.1. The monoisotopic (exact) mass is 1430 g/mol. The normalized spacial score (nSPS) is 25.6. The fourth-order valence-corrected chi connectivity index (χ4v) is 15.5. The van der Waals surface area contributed by atoms with E-state index in [1.807, 2.05) is 13.8 Å². The van der Waals surface area contributed by atoms with Crippen LogP contribution in [0.5, 0.6) is 46.0 Å². The predicted octanol–water partition coefficient (Wildman–Crippen LogP) is 6.95. The Hall–Kier alpha value is -9.41. The van der Waals surface area contributed by atoms with E-state index < -0.39 is 149 Å². The molecule has 10 amide bonds. The van der Waals surface area contributed by atoms with Crippen LogP contribution in [0, 0.1) is 29.6 Å². The second-order valence-electron chi connectivity index (χ2n) is 27.6. The van der Waals surface area contributed by atoms with Gasteiger partial charge in [-0.25, -0.2) is 4.79 Å². The molecule has 538 valence electrons. The largest absolute Gasteiger partial charge is 0.508 e. The Kier molecular flexibility index (Phi) is 22.5. The van der Waals surface area contributed by atoms with Crippen molar-refractivity contribution in [2.24, 2.45) is 29.6 Å². The van der Waals surface area contributed by atoms with Gasteiger partial charge in [0, 0.05) is 29.8 Å². The van der Waals surface area contributed by atoms with E-state index in [2.05, 4.69) is 60.1 Å². The summed E-state index contributed by atoms with van der Waals surface area (Å²) in [5.41, 5.74) is -1.65. The highest BCUT2D eigenvalue weighted by molar-refractivity contribution is 6.32. The van der Waals surface area contributed by atoms with Gasteiger partial charge in [-0.05, 0) is 164 Å². The lowest BCUT2D eigenvalue weighted by molar-refractivity contribution is -0.138. The smallest absolute Gasteiger partial charge is 0.321 e. The number of carbonyl (C=O) groups excluding carboxylic acids is 9. The number of amides is 10. The number of likely N-dealkylation sites (N-methyl/N-ethyl adjacent to an activating group) is 1. The van der Waals surface area contributed by atoms with Crippen LogP contribution in [-0.4, -0.2) is 128 Å². The van der Waals surface area contributed by atoms with Crippen LogP contribution in [0.2, 0.25) is 10.0 Å². The van der Waals surface area contributed by atoms with Crippen molar-refractivity contribution in [3.63, 3.8) is 0 Å². The van der Waals surface area contributed by atoms with Crippen LogP contribution < -0.4 is 62.6 Å². The SMILES string of the molecule is CCCCCCCCNC(=O)NC(=O)C[C@@H]1NC(=O)[C@H](NC(=O)[C@@H](CC(C)C)NC)[C@H](O)c2ccc(c(Cl)c2)Oc2cc3cc(c2O)Oc2ccc(cc2Cl)[C@@H](O)[C@H]2NC(=O)[C@H](NC(=O)[C@@H]3NC1=O)c1ccc(O)c(c1)-c1c(O)cc(O)cc1[C@@H](C(=O)NC1C3CC4CC(C3)CC1C4)NC2=O. The average Bonchev–Trinajstić information content (AvgIpc) is 0.764. The number of phenolic OH excluding ortho intramolecular Hbond substituents is 4. The van der Waals surface area contributed by atoms with E-state index in [-0.39, 0.29) is 97.2 Å². The molecule has 27 nitrogen and oxygen atoms in total. The highest BCUT2D eigenvalue weighted by atomic mass is 35.5. The number of carbonyl (C=O) groups is 9. The van der Waals surface area contributed by atoms with Gasteiger partial charge in [-0.1, -0.05) is 94.3 Å². The van der Waals surface area contributed by atoms with Gasteiger partial charge in [0.15, 0.2) is 11.5 Å². The second-order valence-corrected chi connectivity index (χ2v) is 28.4. The van der Waals surface area contributed by atoms with Gasteiger partial charge >= 0.3 is 6.03 Å². The summed E-state index contributed by atoms with van der Waals surface area (Å²) >= 11 is 13.9. The number of aromatic hydroxyl groups is 4. The molecule has 9 atom stereocenters. The van der Waals surface area contributed by atoms with E-state index in [9.17, 15) is 45.0 Å². The number of hydrogen-bond acceptors (Lipinski definition) is 18. The third-order valence-corrected chi connectivity index (χ3v) is 20.5. The number of rotatable bonds is 16. The number of aliphatic hydroxyl groups excluding tert-OH is 2. The van der Waals surface area contributed by atoms with Crippen molar-refractivity contribution in [1.82, 2.24) is 53.2 Å². The Bertz CT molecular complexity index is 4040. The number of aliphatic hydroxyl groups is 2. The number of unbranched alkanes of at least 4 members (excludes halogenated alkanes) is 5. The number of ether oxygens (including phenoxy) is 2. The molecular weight excluding hydrogens is 1350 g/mol. The summed E-state index contributed by atoms with van der Waals surface area (Å²) in [5.74, 6) is -12.2. The topological polar surface area (TPSA) is 414 Å². The zero-order valence-electron chi connectivity index (χ0n) is 56.0.